The molecule has 1 heterocycles. The maximum absolute atomic E-state index is 11.5. The van der Waals surface area contributed by atoms with E-state index in [9.17, 15) is 19.5 Å². The van der Waals surface area contributed by atoms with E-state index in [1.807, 2.05) is 0 Å². The van der Waals surface area contributed by atoms with E-state index in [-0.39, 0.29) is 0 Å². The summed E-state index contributed by atoms with van der Waals surface area (Å²) in [6, 6.07) is 0. The number of rotatable bonds is 11. The van der Waals surface area contributed by atoms with Gasteiger partial charge in [-0.05, 0) is 12.8 Å². The zero-order chi connectivity index (χ0) is 17.9. The number of aliphatic hydroxyl groups excluding tert-OH is 2. The van der Waals surface area contributed by atoms with E-state index < -0.39 is 42.6 Å². The summed E-state index contributed by atoms with van der Waals surface area (Å²) in [6.45, 7) is 1.68. The van der Waals surface area contributed by atoms with Gasteiger partial charge in [-0.2, -0.15) is 0 Å². The van der Waals surface area contributed by atoms with Crippen LogP contribution in [0.4, 0.5) is 0 Å². The van der Waals surface area contributed by atoms with Gasteiger partial charge in [-0.15, -0.1) is 0 Å². The topological polar surface area (TPSA) is 110 Å². The number of esters is 2. The van der Waals surface area contributed by atoms with Crippen molar-refractivity contribution < 1.29 is 34.1 Å². The fourth-order valence-electron chi connectivity index (χ4n) is 2.31. The first-order valence-corrected chi connectivity index (χ1v) is 8.41. The van der Waals surface area contributed by atoms with E-state index in [0.29, 0.717) is 0 Å². The molecule has 24 heavy (non-hydrogen) atoms. The SMILES string of the molecule is CCCCCCCCC=CC(=O)OC[C@H](O)[C@H]1OC(=O)C(O)C1=O. The van der Waals surface area contributed by atoms with Crippen LogP contribution in [-0.4, -0.2) is 52.9 Å². The number of Topliss-reactive ketones (excluding diaryl/α,β-unsaturated/α-hetero) is 1. The highest BCUT2D eigenvalue weighted by Gasteiger charge is 2.46. The zero-order valence-electron chi connectivity index (χ0n) is 14.0. The Morgan fingerprint density at radius 3 is 2.54 bits per heavy atom. The number of allylic oxidation sites excluding steroid dienone is 1. The quantitative estimate of drug-likeness (QED) is 0.250. The number of ether oxygens (including phenoxy) is 2. The molecular formula is C17H26O7. The van der Waals surface area contributed by atoms with E-state index >= 15 is 0 Å². The molecule has 0 aromatic carbocycles. The molecule has 1 aliphatic heterocycles. The highest BCUT2D eigenvalue weighted by molar-refractivity contribution is 6.09. The summed E-state index contributed by atoms with van der Waals surface area (Å²) in [5, 5.41) is 18.8. The van der Waals surface area contributed by atoms with Crippen LogP contribution in [0.25, 0.3) is 0 Å². The first kappa shape index (κ1) is 20.3. The number of carbonyl (C=O) groups is 3. The smallest absolute Gasteiger partial charge is 0.343 e. The Kier molecular flexibility index (Phi) is 9.26. The van der Waals surface area contributed by atoms with Crippen LogP contribution in [0.1, 0.15) is 51.9 Å². The van der Waals surface area contributed by atoms with Gasteiger partial charge >= 0.3 is 11.9 Å². The highest BCUT2D eigenvalue weighted by atomic mass is 16.6. The molecule has 0 bridgehead atoms. The number of hydrogen-bond donors (Lipinski definition) is 2. The Balaban J connectivity index is 2.16. The van der Waals surface area contributed by atoms with Crippen molar-refractivity contribution in [2.24, 2.45) is 0 Å². The Morgan fingerprint density at radius 2 is 1.92 bits per heavy atom. The molecule has 1 saturated heterocycles. The molecule has 0 aromatic heterocycles. The van der Waals surface area contributed by atoms with E-state index in [4.69, 9.17) is 9.84 Å². The van der Waals surface area contributed by atoms with Crippen LogP contribution in [-0.2, 0) is 23.9 Å². The summed E-state index contributed by atoms with van der Waals surface area (Å²) in [5.41, 5.74) is 0. The highest BCUT2D eigenvalue weighted by Crippen LogP contribution is 2.15. The fraction of sp³-hybridized carbons (Fsp3) is 0.706. The van der Waals surface area contributed by atoms with Crippen molar-refractivity contribution in [3.05, 3.63) is 12.2 Å². The standard InChI is InChI=1S/C17H26O7/c1-2-3-4-5-6-7-8-9-10-13(19)23-11-12(18)16-14(20)15(21)17(22)24-16/h9-10,12,15-16,18,21H,2-8,11H2,1H3/t12-,15?,16+/m0/s1. The predicted molar refractivity (Wildman–Crippen MR) is 85.0 cm³/mol. The Bertz CT molecular complexity index is 458. The maximum atomic E-state index is 11.5. The second-order valence-corrected chi connectivity index (χ2v) is 5.82. The number of unbranched alkanes of at least 4 members (excludes halogenated alkanes) is 6. The van der Waals surface area contributed by atoms with Gasteiger partial charge in [0.1, 0.15) is 12.7 Å². The predicted octanol–water partition coefficient (Wildman–Crippen LogP) is 1.05. The summed E-state index contributed by atoms with van der Waals surface area (Å²) in [4.78, 5) is 33.9. The molecule has 0 spiro atoms. The number of cyclic esters (lactones) is 1. The maximum Gasteiger partial charge on any atom is 0.343 e. The average Bonchev–Trinajstić information content (AvgIpc) is 2.82. The van der Waals surface area contributed by atoms with Crippen molar-refractivity contribution in [2.75, 3.05) is 6.61 Å². The third-order valence-electron chi connectivity index (χ3n) is 3.74. The lowest BCUT2D eigenvalue weighted by Crippen LogP contribution is -2.37. The van der Waals surface area contributed by atoms with E-state index in [1.165, 1.54) is 31.8 Å². The second-order valence-electron chi connectivity index (χ2n) is 5.82. The molecular weight excluding hydrogens is 316 g/mol. The lowest BCUT2D eigenvalue weighted by atomic mass is 10.1. The van der Waals surface area contributed by atoms with Crippen molar-refractivity contribution >= 4 is 17.7 Å². The third-order valence-corrected chi connectivity index (χ3v) is 3.74. The zero-order valence-corrected chi connectivity index (χ0v) is 14.0. The van der Waals surface area contributed by atoms with Crippen molar-refractivity contribution in [1.29, 1.82) is 0 Å². The first-order valence-electron chi connectivity index (χ1n) is 8.41. The molecule has 1 rings (SSSR count). The molecule has 0 aliphatic carbocycles. The normalized spacial score (nSPS) is 22.0. The molecule has 2 N–H and O–H groups in total. The van der Waals surface area contributed by atoms with Crippen molar-refractivity contribution in [1.82, 2.24) is 0 Å². The number of hydrogen-bond acceptors (Lipinski definition) is 7. The Hall–Kier alpha value is -1.73. The molecule has 0 saturated carbocycles. The molecule has 0 amide bonds. The third kappa shape index (κ3) is 6.80. The molecule has 7 nitrogen and oxygen atoms in total. The lowest BCUT2D eigenvalue weighted by molar-refractivity contribution is -0.154. The van der Waals surface area contributed by atoms with Crippen LogP contribution >= 0.6 is 0 Å². The van der Waals surface area contributed by atoms with Crippen molar-refractivity contribution in [3.63, 3.8) is 0 Å². The fourth-order valence-corrected chi connectivity index (χ4v) is 2.31. The van der Waals surface area contributed by atoms with Gasteiger partial charge < -0.3 is 19.7 Å². The summed E-state index contributed by atoms with van der Waals surface area (Å²) in [6.07, 6.45) is 5.90. The van der Waals surface area contributed by atoms with Crippen LogP contribution in [0, 0.1) is 0 Å². The van der Waals surface area contributed by atoms with Gasteiger partial charge in [-0.1, -0.05) is 45.1 Å². The molecule has 0 aromatic rings. The minimum atomic E-state index is -1.88. The average molecular weight is 342 g/mol. The van der Waals surface area contributed by atoms with Crippen molar-refractivity contribution in [3.8, 4) is 0 Å². The molecule has 136 valence electrons. The first-order chi connectivity index (χ1) is 11.5. The van der Waals surface area contributed by atoms with Crippen LogP contribution in [0.3, 0.4) is 0 Å². The van der Waals surface area contributed by atoms with Crippen LogP contribution < -0.4 is 0 Å². The molecule has 3 atom stereocenters. The molecule has 1 aliphatic rings. The van der Waals surface area contributed by atoms with Gasteiger partial charge in [0.05, 0.1) is 0 Å². The van der Waals surface area contributed by atoms with E-state index in [2.05, 4.69) is 11.7 Å². The van der Waals surface area contributed by atoms with Gasteiger partial charge in [0.15, 0.2) is 6.10 Å². The summed E-state index contributed by atoms with van der Waals surface area (Å²) in [7, 11) is 0. The minimum absolute atomic E-state index is 0.489. The molecule has 1 unspecified atom stereocenters. The Morgan fingerprint density at radius 1 is 1.25 bits per heavy atom. The molecule has 1 fully saturated rings. The van der Waals surface area contributed by atoms with Crippen molar-refractivity contribution in [2.45, 2.75) is 70.2 Å². The number of carbonyl (C=O) groups excluding carboxylic acids is 3. The monoisotopic (exact) mass is 342 g/mol. The van der Waals surface area contributed by atoms with Gasteiger partial charge in [-0.25, -0.2) is 9.59 Å². The van der Waals surface area contributed by atoms with Gasteiger partial charge in [0, 0.05) is 6.08 Å². The number of aliphatic hydroxyl groups is 2. The van der Waals surface area contributed by atoms with Crippen LogP contribution in [0.2, 0.25) is 0 Å². The van der Waals surface area contributed by atoms with Gasteiger partial charge in [0.2, 0.25) is 11.9 Å². The van der Waals surface area contributed by atoms with E-state index in [1.54, 1.807) is 6.08 Å². The van der Waals surface area contributed by atoms with Crippen LogP contribution in [0.15, 0.2) is 12.2 Å². The number of ketones is 1. The summed E-state index contributed by atoms with van der Waals surface area (Å²) in [5.74, 6) is -2.67. The summed E-state index contributed by atoms with van der Waals surface area (Å²) < 4.78 is 9.33. The van der Waals surface area contributed by atoms with Gasteiger partial charge in [0.25, 0.3) is 0 Å². The molecule has 0 radical (unpaired) electrons. The van der Waals surface area contributed by atoms with Crippen LogP contribution in [0.5, 0.6) is 0 Å². The second kappa shape index (κ2) is 10.9. The lowest BCUT2D eigenvalue weighted by Gasteiger charge is -2.14. The Labute approximate surface area is 141 Å². The largest absolute Gasteiger partial charge is 0.460 e. The van der Waals surface area contributed by atoms with Gasteiger partial charge in [-0.3, -0.25) is 4.79 Å². The molecule has 7 heteroatoms. The summed E-state index contributed by atoms with van der Waals surface area (Å²) >= 11 is 0. The van der Waals surface area contributed by atoms with E-state index in [0.717, 1.165) is 19.3 Å². The minimum Gasteiger partial charge on any atom is -0.460 e.